The van der Waals surface area contributed by atoms with Crippen LogP contribution in [0.25, 0.3) is 0 Å². The third-order valence-corrected chi connectivity index (χ3v) is 3.47. The van der Waals surface area contributed by atoms with Crippen molar-refractivity contribution in [3.8, 4) is 0 Å². The summed E-state index contributed by atoms with van der Waals surface area (Å²) < 4.78 is 67.6. The van der Waals surface area contributed by atoms with Gasteiger partial charge in [-0.05, 0) is 19.1 Å². The second-order valence-corrected chi connectivity index (χ2v) is 5.32. The van der Waals surface area contributed by atoms with E-state index in [4.69, 9.17) is 0 Å². The molecule has 0 saturated carbocycles. The molecular formula is C11H10F3NO4S. The van der Waals surface area contributed by atoms with Crippen LogP contribution in [-0.4, -0.2) is 33.4 Å². The SMILES string of the molecule is COC(=O)/C(=N/S(=O)(=O)c1ccc(C)cc1)C(F)(F)F. The van der Waals surface area contributed by atoms with Gasteiger partial charge in [-0.15, -0.1) is 4.40 Å². The molecule has 1 aromatic carbocycles. The second-order valence-electron chi connectivity index (χ2n) is 3.72. The molecule has 9 heteroatoms. The summed E-state index contributed by atoms with van der Waals surface area (Å²) in [4.78, 5) is 10.5. The van der Waals surface area contributed by atoms with Gasteiger partial charge >= 0.3 is 12.1 Å². The Bertz CT molecular complexity index is 633. The van der Waals surface area contributed by atoms with E-state index in [1.807, 2.05) is 0 Å². The van der Waals surface area contributed by atoms with Gasteiger partial charge in [-0.2, -0.15) is 21.6 Å². The minimum absolute atomic E-state index is 0.450. The summed E-state index contributed by atoms with van der Waals surface area (Å²) in [6.07, 6.45) is -5.23. The molecule has 20 heavy (non-hydrogen) atoms. The maximum absolute atomic E-state index is 12.6. The zero-order chi connectivity index (χ0) is 15.6. The van der Waals surface area contributed by atoms with Crippen LogP contribution in [0.5, 0.6) is 0 Å². The first-order valence-electron chi connectivity index (χ1n) is 5.15. The van der Waals surface area contributed by atoms with E-state index in [-0.39, 0.29) is 0 Å². The number of sulfonamides is 1. The fraction of sp³-hybridized carbons (Fsp3) is 0.273. The van der Waals surface area contributed by atoms with Crippen LogP contribution in [0.2, 0.25) is 0 Å². The highest BCUT2D eigenvalue weighted by Gasteiger charge is 2.43. The molecule has 0 unspecified atom stereocenters. The van der Waals surface area contributed by atoms with Crippen molar-refractivity contribution in [2.24, 2.45) is 4.40 Å². The van der Waals surface area contributed by atoms with Gasteiger partial charge in [0.25, 0.3) is 10.0 Å². The summed E-state index contributed by atoms with van der Waals surface area (Å²) in [5, 5.41) is 0. The number of benzene rings is 1. The zero-order valence-corrected chi connectivity index (χ0v) is 11.2. The number of methoxy groups -OCH3 is 1. The van der Waals surface area contributed by atoms with Crippen molar-refractivity contribution < 1.29 is 31.1 Å². The summed E-state index contributed by atoms with van der Waals surface area (Å²) >= 11 is 0. The highest BCUT2D eigenvalue weighted by Crippen LogP contribution is 2.22. The van der Waals surface area contributed by atoms with E-state index in [0.717, 1.165) is 17.7 Å². The van der Waals surface area contributed by atoms with Crippen LogP contribution in [-0.2, 0) is 19.6 Å². The minimum atomic E-state index is -5.23. The Morgan fingerprint density at radius 3 is 2.10 bits per heavy atom. The second kappa shape index (κ2) is 5.61. The number of hydrogen-bond donors (Lipinski definition) is 0. The van der Waals surface area contributed by atoms with Crippen LogP contribution >= 0.6 is 0 Å². The molecule has 0 heterocycles. The molecule has 0 fully saturated rings. The van der Waals surface area contributed by atoms with E-state index in [2.05, 4.69) is 9.13 Å². The van der Waals surface area contributed by atoms with Gasteiger partial charge in [-0.3, -0.25) is 0 Å². The van der Waals surface area contributed by atoms with Gasteiger partial charge < -0.3 is 4.74 Å². The summed E-state index contributed by atoms with van der Waals surface area (Å²) in [6.45, 7) is 1.68. The molecule has 0 atom stereocenters. The topological polar surface area (TPSA) is 72.8 Å². The highest BCUT2D eigenvalue weighted by atomic mass is 32.2. The van der Waals surface area contributed by atoms with Gasteiger partial charge in [-0.1, -0.05) is 17.7 Å². The van der Waals surface area contributed by atoms with Gasteiger partial charge in [0.15, 0.2) is 0 Å². The number of esters is 1. The molecule has 0 N–H and O–H groups in total. The smallest absolute Gasteiger partial charge is 0.441 e. The maximum Gasteiger partial charge on any atom is 0.441 e. The lowest BCUT2D eigenvalue weighted by atomic mass is 10.2. The van der Waals surface area contributed by atoms with Gasteiger partial charge in [0, 0.05) is 0 Å². The number of carbonyl (C=O) groups is 1. The Hall–Kier alpha value is -1.90. The number of aryl methyl sites for hydroxylation is 1. The van der Waals surface area contributed by atoms with Crippen LogP contribution in [0.3, 0.4) is 0 Å². The largest absolute Gasteiger partial charge is 0.464 e. The maximum atomic E-state index is 12.6. The highest BCUT2D eigenvalue weighted by molar-refractivity contribution is 7.90. The number of nitrogens with zero attached hydrogens (tertiary/aromatic N) is 1. The van der Waals surface area contributed by atoms with E-state index in [1.54, 1.807) is 6.92 Å². The van der Waals surface area contributed by atoms with Crippen molar-refractivity contribution >= 4 is 21.7 Å². The average molecular weight is 309 g/mol. The van der Waals surface area contributed by atoms with Gasteiger partial charge in [0.1, 0.15) is 0 Å². The number of hydrogen-bond acceptors (Lipinski definition) is 4. The number of alkyl halides is 3. The quantitative estimate of drug-likeness (QED) is 0.631. The zero-order valence-electron chi connectivity index (χ0n) is 10.4. The molecule has 0 aromatic heterocycles. The van der Waals surface area contributed by atoms with Crippen molar-refractivity contribution in [2.75, 3.05) is 7.11 Å². The summed E-state index contributed by atoms with van der Waals surface area (Å²) in [6, 6.07) is 4.99. The van der Waals surface area contributed by atoms with Crippen molar-refractivity contribution in [3.05, 3.63) is 29.8 Å². The Kier molecular flexibility index (Phi) is 4.53. The number of carbonyl (C=O) groups excluding carboxylic acids is 1. The predicted molar refractivity (Wildman–Crippen MR) is 63.9 cm³/mol. The van der Waals surface area contributed by atoms with E-state index >= 15 is 0 Å². The third kappa shape index (κ3) is 3.80. The monoisotopic (exact) mass is 309 g/mol. The molecule has 0 radical (unpaired) electrons. The first-order valence-corrected chi connectivity index (χ1v) is 6.59. The lowest BCUT2D eigenvalue weighted by Gasteiger charge is -2.08. The molecule has 110 valence electrons. The van der Waals surface area contributed by atoms with E-state index in [0.29, 0.717) is 7.11 Å². The summed E-state index contributed by atoms with van der Waals surface area (Å²) in [5.74, 6) is -1.87. The molecule has 0 aliphatic rings. The molecule has 1 aromatic rings. The molecule has 0 saturated heterocycles. The van der Waals surface area contributed by atoms with E-state index < -0.39 is 32.8 Å². The summed E-state index contributed by atoms with van der Waals surface area (Å²) in [7, 11) is -3.95. The lowest BCUT2D eigenvalue weighted by Crippen LogP contribution is -2.33. The molecule has 0 aliphatic heterocycles. The third-order valence-electron chi connectivity index (χ3n) is 2.18. The van der Waals surface area contributed by atoms with Crippen molar-refractivity contribution in [3.63, 3.8) is 0 Å². The normalized spacial score (nSPS) is 13.2. The molecule has 0 spiro atoms. The predicted octanol–water partition coefficient (Wildman–Crippen LogP) is 1.86. The number of rotatable bonds is 3. The van der Waals surface area contributed by atoms with Crippen LogP contribution in [0.4, 0.5) is 13.2 Å². The Balaban J connectivity index is 3.36. The fourth-order valence-corrected chi connectivity index (χ4v) is 2.19. The van der Waals surface area contributed by atoms with Crippen LogP contribution < -0.4 is 0 Å². The van der Waals surface area contributed by atoms with Crippen LogP contribution in [0.15, 0.2) is 33.6 Å². The Labute approximate surface area is 113 Å². The van der Waals surface area contributed by atoms with E-state index in [9.17, 15) is 26.4 Å². The molecular weight excluding hydrogens is 299 g/mol. The van der Waals surface area contributed by atoms with Gasteiger partial charge in [-0.25, -0.2) is 4.79 Å². The Morgan fingerprint density at radius 1 is 1.20 bits per heavy atom. The Morgan fingerprint density at radius 2 is 1.70 bits per heavy atom. The van der Waals surface area contributed by atoms with Gasteiger partial charge in [0.2, 0.25) is 5.71 Å². The van der Waals surface area contributed by atoms with Gasteiger partial charge in [0.05, 0.1) is 12.0 Å². The molecule has 0 aliphatic carbocycles. The van der Waals surface area contributed by atoms with E-state index in [1.165, 1.54) is 12.1 Å². The molecule has 5 nitrogen and oxygen atoms in total. The first kappa shape index (κ1) is 16.2. The average Bonchev–Trinajstić information content (AvgIpc) is 2.34. The lowest BCUT2D eigenvalue weighted by molar-refractivity contribution is -0.137. The first-order chi connectivity index (χ1) is 9.08. The molecule has 0 amide bonds. The van der Waals surface area contributed by atoms with Crippen molar-refractivity contribution in [1.82, 2.24) is 0 Å². The minimum Gasteiger partial charge on any atom is -0.464 e. The van der Waals surface area contributed by atoms with Crippen molar-refractivity contribution in [1.29, 1.82) is 0 Å². The number of halogens is 3. The fourth-order valence-electron chi connectivity index (χ4n) is 1.18. The standard InChI is InChI=1S/C11H10F3NO4S/c1-7-3-5-8(6-4-7)20(17,18)15-9(10(16)19-2)11(12,13)14/h3-6H,1-2H3/b15-9-. The summed E-state index contributed by atoms with van der Waals surface area (Å²) in [5.41, 5.74) is -1.41. The molecule has 0 bridgehead atoms. The molecule has 1 rings (SSSR count). The van der Waals surface area contributed by atoms with Crippen LogP contribution in [0.1, 0.15) is 5.56 Å². The van der Waals surface area contributed by atoms with Crippen LogP contribution in [0, 0.1) is 6.92 Å². The van der Waals surface area contributed by atoms with Crippen molar-refractivity contribution in [2.45, 2.75) is 18.0 Å². The number of ether oxygens (including phenoxy) is 1.